The molecule has 3 unspecified atom stereocenters. The van der Waals surface area contributed by atoms with Crippen LogP contribution in [0.4, 0.5) is 4.39 Å². The molecule has 0 heterocycles. The average Bonchev–Trinajstić information content (AvgIpc) is 3.23. The van der Waals surface area contributed by atoms with Gasteiger partial charge in [-0.1, -0.05) is 48.5 Å². The molecule has 19 heavy (non-hydrogen) atoms. The van der Waals surface area contributed by atoms with Crippen molar-refractivity contribution in [2.45, 2.75) is 24.8 Å². The van der Waals surface area contributed by atoms with E-state index in [4.69, 9.17) is 5.73 Å². The second-order valence-corrected chi connectivity index (χ2v) is 5.38. The van der Waals surface area contributed by atoms with Crippen molar-refractivity contribution in [1.29, 1.82) is 0 Å². The molecule has 1 fully saturated rings. The molecule has 1 saturated carbocycles. The highest BCUT2D eigenvalue weighted by atomic mass is 19.1. The van der Waals surface area contributed by atoms with Crippen LogP contribution in [0, 0.1) is 11.7 Å². The van der Waals surface area contributed by atoms with Gasteiger partial charge in [-0.25, -0.2) is 4.39 Å². The van der Waals surface area contributed by atoms with Gasteiger partial charge in [0.2, 0.25) is 0 Å². The van der Waals surface area contributed by atoms with E-state index in [1.54, 1.807) is 6.07 Å². The van der Waals surface area contributed by atoms with Crippen molar-refractivity contribution >= 4 is 0 Å². The molecule has 0 spiro atoms. The predicted octanol–water partition coefficient (Wildman–Crippen LogP) is 3.50. The van der Waals surface area contributed by atoms with Crippen LogP contribution in [0.1, 0.15) is 23.5 Å². The third-order valence-electron chi connectivity index (χ3n) is 4.03. The molecule has 2 N–H and O–H groups in total. The van der Waals surface area contributed by atoms with Gasteiger partial charge in [-0.15, -0.1) is 0 Å². The first kappa shape index (κ1) is 12.4. The van der Waals surface area contributed by atoms with Crippen LogP contribution < -0.4 is 5.73 Å². The molecule has 0 amide bonds. The molecular formula is C17H18FN. The predicted molar refractivity (Wildman–Crippen MR) is 75.4 cm³/mol. The average molecular weight is 255 g/mol. The molecule has 0 aliphatic heterocycles. The number of nitrogens with two attached hydrogens (primary N) is 1. The molecule has 98 valence electrons. The van der Waals surface area contributed by atoms with Crippen LogP contribution in [-0.4, -0.2) is 6.04 Å². The summed E-state index contributed by atoms with van der Waals surface area (Å²) in [6.07, 6.45) is 1.75. The zero-order valence-corrected chi connectivity index (χ0v) is 10.8. The summed E-state index contributed by atoms with van der Waals surface area (Å²) in [7, 11) is 0. The molecular weight excluding hydrogens is 237 g/mol. The van der Waals surface area contributed by atoms with Crippen LogP contribution in [0.5, 0.6) is 0 Å². The van der Waals surface area contributed by atoms with Gasteiger partial charge in [0.1, 0.15) is 5.82 Å². The number of hydrogen-bond donors (Lipinski definition) is 1. The second kappa shape index (κ2) is 5.14. The minimum atomic E-state index is -0.144. The quantitative estimate of drug-likeness (QED) is 0.889. The topological polar surface area (TPSA) is 26.0 Å². The molecule has 0 saturated heterocycles. The van der Waals surface area contributed by atoms with E-state index in [-0.39, 0.29) is 11.9 Å². The van der Waals surface area contributed by atoms with Gasteiger partial charge in [0.15, 0.2) is 0 Å². The number of halogens is 1. The fourth-order valence-electron chi connectivity index (χ4n) is 2.84. The Balaban J connectivity index is 1.64. The van der Waals surface area contributed by atoms with E-state index in [1.165, 1.54) is 11.6 Å². The van der Waals surface area contributed by atoms with Gasteiger partial charge in [0, 0.05) is 6.04 Å². The summed E-state index contributed by atoms with van der Waals surface area (Å²) in [5, 5.41) is 0. The van der Waals surface area contributed by atoms with Gasteiger partial charge in [-0.2, -0.15) is 0 Å². The van der Waals surface area contributed by atoms with Crippen molar-refractivity contribution in [1.82, 2.24) is 0 Å². The summed E-state index contributed by atoms with van der Waals surface area (Å²) in [5.41, 5.74) is 8.33. The van der Waals surface area contributed by atoms with Crippen molar-refractivity contribution in [3.63, 3.8) is 0 Å². The Kier molecular flexibility index (Phi) is 3.34. The lowest BCUT2D eigenvalue weighted by Gasteiger charge is -2.12. The van der Waals surface area contributed by atoms with Gasteiger partial charge in [0.25, 0.3) is 0 Å². The van der Waals surface area contributed by atoms with E-state index >= 15 is 0 Å². The molecule has 1 aliphatic rings. The monoisotopic (exact) mass is 255 g/mol. The normalized spacial score (nSPS) is 23.1. The zero-order valence-electron chi connectivity index (χ0n) is 10.8. The van der Waals surface area contributed by atoms with E-state index in [0.717, 1.165) is 12.0 Å². The number of benzene rings is 2. The Labute approximate surface area is 113 Å². The third kappa shape index (κ3) is 2.69. The summed E-state index contributed by atoms with van der Waals surface area (Å²) >= 11 is 0. The summed E-state index contributed by atoms with van der Waals surface area (Å²) in [4.78, 5) is 0. The lowest BCUT2D eigenvalue weighted by molar-refractivity contribution is 0.547. The van der Waals surface area contributed by atoms with Crippen molar-refractivity contribution < 1.29 is 4.39 Å². The first-order chi connectivity index (χ1) is 9.25. The molecule has 1 nitrogen and oxygen atoms in total. The maximum Gasteiger partial charge on any atom is 0.126 e. The van der Waals surface area contributed by atoms with Crippen LogP contribution in [0.25, 0.3) is 0 Å². The molecule has 0 aromatic heterocycles. The third-order valence-corrected chi connectivity index (χ3v) is 4.03. The minimum Gasteiger partial charge on any atom is -0.327 e. The highest BCUT2D eigenvalue weighted by Gasteiger charge is 2.42. The maximum atomic E-state index is 13.6. The zero-order chi connectivity index (χ0) is 13.2. The number of hydrogen-bond acceptors (Lipinski definition) is 1. The van der Waals surface area contributed by atoms with Crippen LogP contribution in [0.15, 0.2) is 54.6 Å². The van der Waals surface area contributed by atoms with Crippen LogP contribution in [0.2, 0.25) is 0 Å². The van der Waals surface area contributed by atoms with Gasteiger partial charge in [-0.05, 0) is 41.9 Å². The molecule has 2 aromatic rings. The first-order valence-electron chi connectivity index (χ1n) is 6.79. The Morgan fingerprint density at radius 3 is 2.47 bits per heavy atom. The lowest BCUT2D eigenvalue weighted by atomic mass is 9.99. The Bertz CT molecular complexity index is 552. The highest BCUT2D eigenvalue weighted by molar-refractivity contribution is 5.27. The molecule has 0 radical (unpaired) electrons. The second-order valence-electron chi connectivity index (χ2n) is 5.38. The molecule has 3 rings (SSSR count). The lowest BCUT2D eigenvalue weighted by Crippen LogP contribution is -2.26. The summed E-state index contributed by atoms with van der Waals surface area (Å²) in [6.45, 7) is 0. The molecule has 3 atom stereocenters. The fourth-order valence-corrected chi connectivity index (χ4v) is 2.84. The van der Waals surface area contributed by atoms with Crippen molar-refractivity contribution in [3.8, 4) is 0 Å². The smallest absolute Gasteiger partial charge is 0.126 e. The molecule has 2 heteroatoms. The summed E-state index contributed by atoms with van der Waals surface area (Å²) in [6, 6.07) is 17.4. The van der Waals surface area contributed by atoms with Crippen molar-refractivity contribution in [2.75, 3.05) is 0 Å². The van der Waals surface area contributed by atoms with Crippen LogP contribution >= 0.6 is 0 Å². The largest absolute Gasteiger partial charge is 0.327 e. The van der Waals surface area contributed by atoms with Crippen LogP contribution in [0.3, 0.4) is 0 Å². The standard InChI is InChI=1S/C17H18FN/c18-16-9-5-4-8-13(16)10-17(19)15-11-14(15)12-6-2-1-3-7-12/h1-9,14-15,17H,10-11,19H2. The highest BCUT2D eigenvalue weighted by Crippen LogP contribution is 2.49. The van der Waals surface area contributed by atoms with Gasteiger partial charge in [-0.3, -0.25) is 0 Å². The van der Waals surface area contributed by atoms with Crippen LogP contribution in [-0.2, 0) is 6.42 Å². The summed E-state index contributed by atoms with van der Waals surface area (Å²) < 4.78 is 13.6. The van der Waals surface area contributed by atoms with E-state index in [2.05, 4.69) is 24.3 Å². The van der Waals surface area contributed by atoms with Gasteiger partial charge < -0.3 is 5.73 Å². The van der Waals surface area contributed by atoms with E-state index in [1.807, 2.05) is 18.2 Å². The van der Waals surface area contributed by atoms with Gasteiger partial charge >= 0.3 is 0 Å². The SMILES string of the molecule is NC(Cc1ccccc1F)C1CC1c1ccccc1. The Morgan fingerprint density at radius 1 is 1.05 bits per heavy atom. The van der Waals surface area contributed by atoms with Crippen molar-refractivity contribution in [2.24, 2.45) is 11.7 Å². The van der Waals surface area contributed by atoms with Crippen molar-refractivity contribution in [3.05, 3.63) is 71.5 Å². The Hall–Kier alpha value is -1.67. The molecule has 1 aliphatic carbocycles. The van der Waals surface area contributed by atoms with E-state index < -0.39 is 0 Å². The van der Waals surface area contributed by atoms with Gasteiger partial charge in [0.05, 0.1) is 0 Å². The maximum absolute atomic E-state index is 13.6. The fraction of sp³-hybridized carbons (Fsp3) is 0.294. The van der Waals surface area contributed by atoms with E-state index in [0.29, 0.717) is 18.3 Å². The molecule has 0 bridgehead atoms. The molecule has 2 aromatic carbocycles. The first-order valence-corrected chi connectivity index (χ1v) is 6.79. The number of rotatable bonds is 4. The Morgan fingerprint density at radius 2 is 1.74 bits per heavy atom. The van der Waals surface area contributed by atoms with E-state index in [9.17, 15) is 4.39 Å². The minimum absolute atomic E-state index is 0.0436. The summed E-state index contributed by atoms with van der Waals surface area (Å²) in [5.74, 6) is 0.903.